The monoisotopic (exact) mass is 188 g/mol. The van der Waals surface area contributed by atoms with Crippen LogP contribution in [0.25, 0.3) is 0 Å². The van der Waals surface area contributed by atoms with E-state index < -0.39 is 5.60 Å². The smallest absolute Gasteiger partial charge is 0.105 e. The Morgan fingerprint density at radius 2 is 1.79 bits per heavy atom. The average Bonchev–Trinajstić information content (AvgIpc) is 2.19. The lowest BCUT2D eigenvalue weighted by Gasteiger charge is -2.18. The summed E-state index contributed by atoms with van der Waals surface area (Å²) in [5.74, 6) is 0. The molecule has 1 atom stereocenters. The fourth-order valence-electron chi connectivity index (χ4n) is 1.23. The third-order valence-electron chi connectivity index (χ3n) is 2.08. The second kappa shape index (κ2) is 4.77. The van der Waals surface area contributed by atoms with Crippen LogP contribution in [0, 0.1) is 0 Å². The number of hydrogen-bond acceptors (Lipinski definition) is 1. The molecular weight excluding hydrogens is 172 g/mol. The molecule has 0 aliphatic rings. The highest BCUT2D eigenvalue weighted by atomic mass is 16.3. The van der Waals surface area contributed by atoms with Crippen molar-refractivity contribution in [2.24, 2.45) is 0 Å². The second-order valence-electron chi connectivity index (χ2n) is 3.40. The van der Waals surface area contributed by atoms with Crippen molar-refractivity contribution < 1.29 is 5.11 Å². The summed E-state index contributed by atoms with van der Waals surface area (Å²) in [6.07, 6.45) is 7.46. The van der Waals surface area contributed by atoms with Crippen LogP contribution in [0.2, 0.25) is 0 Å². The summed E-state index contributed by atoms with van der Waals surface area (Å²) in [5, 5.41) is 10.1. The summed E-state index contributed by atoms with van der Waals surface area (Å²) in [7, 11) is 0. The maximum Gasteiger partial charge on any atom is 0.105 e. The molecule has 0 radical (unpaired) electrons. The predicted octanol–water partition coefficient (Wildman–Crippen LogP) is 3.03. The molecule has 0 fully saturated rings. The minimum absolute atomic E-state index is 0.888. The van der Waals surface area contributed by atoms with Crippen LogP contribution in [0.15, 0.2) is 54.6 Å². The largest absolute Gasteiger partial charge is 0.381 e. The molecule has 0 aliphatic carbocycles. The third kappa shape index (κ3) is 2.86. The molecule has 74 valence electrons. The molecule has 1 aromatic rings. The summed E-state index contributed by atoms with van der Waals surface area (Å²) in [5.41, 5.74) is 0.0154. The molecule has 1 aromatic carbocycles. The van der Waals surface area contributed by atoms with Gasteiger partial charge in [0.25, 0.3) is 0 Å². The van der Waals surface area contributed by atoms with Crippen molar-refractivity contribution in [3.05, 3.63) is 60.2 Å². The minimum atomic E-state index is -0.888. The van der Waals surface area contributed by atoms with E-state index in [2.05, 4.69) is 0 Å². The quantitative estimate of drug-likeness (QED) is 0.723. The molecule has 14 heavy (non-hydrogen) atoms. The summed E-state index contributed by atoms with van der Waals surface area (Å²) in [6, 6.07) is 9.62. The lowest BCUT2D eigenvalue weighted by molar-refractivity contribution is 0.111. The fourth-order valence-corrected chi connectivity index (χ4v) is 1.23. The van der Waals surface area contributed by atoms with E-state index in [1.165, 1.54) is 0 Å². The van der Waals surface area contributed by atoms with E-state index in [4.69, 9.17) is 0 Å². The molecule has 0 aromatic heterocycles. The van der Waals surface area contributed by atoms with Crippen LogP contribution in [0.4, 0.5) is 0 Å². The number of benzene rings is 1. The van der Waals surface area contributed by atoms with Gasteiger partial charge in [0.05, 0.1) is 0 Å². The topological polar surface area (TPSA) is 20.2 Å². The molecular formula is C13H16O. The first-order valence-corrected chi connectivity index (χ1v) is 4.75. The molecule has 0 heterocycles. The van der Waals surface area contributed by atoms with Crippen molar-refractivity contribution >= 4 is 0 Å². The van der Waals surface area contributed by atoms with E-state index in [1.54, 1.807) is 13.0 Å². The van der Waals surface area contributed by atoms with Crippen molar-refractivity contribution in [1.29, 1.82) is 0 Å². The lowest BCUT2D eigenvalue weighted by Crippen LogP contribution is -2.17. The van der Waals surface area contributed by atoms with Crippen molar-refractivity contribution in [3.63, 3.8) is 0 Å². The average molecular weight is 188 g/mol. The zero-order valence-electron chi connectivity index (χ0n) is 8.64. The van der Waals surface area contributed by atoms with Gasteiger partial charge in [-0.15, -0.1) is 0 Å². The van der Waals surface area contributed by atoms with E-state index >= 15 is 0 Å². The first-order chi connectivity index (χ1) is 6.67. The maximum absolute atomic E-state index is 10.1. The third-order valence-corrected chi connectivity index (χ3v) is 2.08. The SMILES string of the molecule is C/C=C/C=C/[C@@](C)(O)c1ccccc1. The molecule has 0 saturated carbocycles. The van der Waals surface area contributed by atoms with Gasteiger partial charge in [0.15, 0.2) is 0 Å². The van der Waals surface area contributed by atoms with Crippen LogP contribution >= 0.6 is 0 Å². The van der Waals surface area contributed by atoms with Gasteiger partial charge in [-0.2, -0.15) is 0 Å². The lowest BCUT2D eigenvalue weighted by atomic mass is 9.96. The molecule has 0 bridgehead atoms. The van der Waals surface area contributed by atoms with E-state index in [1.807, 2.05) is 55.5 Å². The Labute approximate surface area is 85.4 Å². The van der Waals surface area contributed by atoms with Gasteiger partial charge in [-0.1, -0.05) is 48.6 Å². The van der Waals surface area contributed by atoms with Crippen molar-refractivity contribution in [3.8, 4) is 0 Å². The first kappa shape index (κ1) is 10.7. The van der Waals surface area contributed by atoms with Crippen molar-refractivity contribution in [2.75, 3.05) is 0 Å². The molecule has 1 N–H and O–H groups in total. The van der Waals surface area contributed by atoms with Gasteiger partial charge >= 0.3 is 0 Å². The molecule has 1 nitrogen and oxygen atoms in total. The number of allylic oxidation sites excluding steroid dienone is 3. The van der Waals surface area contributed by atoms with E-state index in [9.17, 15) is 5.11 Å². The molecule has 0 amide bonds. The molecule has 0 unspecified atom stereocenters. The highest BCUT2D eigenvalue weighted by Crippen LogP contribution is 2.21. The zero-order chi connectivity index (χ0) is 10.4. The van der Waals surface area contributed by atoms with Crippen LogP contribution in [0.1, 0.15) is 19.4 Å². The van der Waals surface area contributed by atoms with Gasteiger partial charge in [0.1, 0.15) is 5.60 Å². The van der Waals surface area contributed by atoms with Crippen LogP contribution in [0.5, 0.6) is 0 Å². The van der Waals surface area contributed by atoms with Gasteiger partial charge in [0, 0.05) is 0 Å². The molecule has 0 aliphatic heterocycles. The standard InChI is InChI=1S/C13H16O/c1-3-4-8-11-13(2,14)12-9-6-5-7-10-12/h3-11,14H,1-2H3/b4-3+,11-8+/t13-/m1/s1. The van der Waals surface area contributed by atoms with E-state index in [0.717, 1.165) is 5.56 Å². The fraction of sp³-hybridized carbons (Fsp3) is 0.231. The highest BCUT2D eigenvalue weighted by molar-refractivity contribution is 5.27. The van der Waals surface area contributed by atoms with Gasteiger partial charge in [0.2, 0.25) is 0 Å². The number of hydrogen-bond donors (Lipinski definition) is 1. The number of aliphatic hydroxyl groups is 1. The maximum atomic E-state index is 10.1. The minimum Gasteiger partial charge on any atom is -0.381 e. The summed E-state index contributed by atoms with van der Waals surface area (Å²) < 4.78 is 0. The molecule has 0 spiro atoms. The van der Waals surface area contributed by atoms with Gasteiger partial charge in [-0.25, -0.2) is 0 Å². The van der Waals surface area contributed by atoms with Gasteiger partial charge in [-0.3, -0.25) is 0 Å². The van der Waals surface area contributed by atoms with Crippen LogP contribution < -0.4 is 0 Å². The zero-order valence-corrected chi connectivity index (χ0v) is 8.64. The number of rotatable bonds is 3. The van der Waals surface area contributed by atoms with Crippen LogP contribution in [0.3, 0.4) is 0 Å². The Morgan fingerprint density at radius 1 is 1.14 bits per heavy atom. The summed E-state index contributed by atoms with van der Waals surface area (Å²) >= 11 is 0. The van der Waals surface area contributed by atoms with E-state index in [0.29, 0.717) is 0 Å². The van der Waals surface area contributed by atoms with Crippen molar-refractivity contribution in [2.45, 2.75) is 19.4 Å². The first-order valence-electron chi connectivity index (χ1n) is 4.75. The highest BCUT2D eigenvalue weighted by Gasteiger charge is 2.17. The normalized spacial score (nSPS) is 16.2. The van der Waals surface area contributed by atoms with Crippen LogP contribution in [-0.4, -0.2) is 5.11 Å². The Morgan fingerprint density at radius 3 is 2.36 bits per heavy atom. The Hall–Kier alpha value is -1.34. The molecule has 1 heteroatoms. The summed E-state index contributed by atoms with van der Waals surface area (Å²) in [4.78, 5) is 0. The predicted molar refractivity (Wildman–Crippen MR) is 60.0 cm³/mol. The molecule has 1 rings (SSSR count). The summed E-state index contributed by atoms with van der Waals surface area (Å²) in [6.45, 7) is 3.73. The Kier molecular flexibility index (Phi) is 3.66. The second-order valence-corrected chi connectivity index (χ2v) is 3.40. The van der Waals surface area contributed by atoms with Crippen LogP contribution in [-0.2, 0) is 5.60 Å². The van der Waals surface area contributed by atoms with Gasteiger partial charge in [-0.05, 0) is 25.5 Å². The molecule has 0 saturated heterocycles. The Bertz CT molecular complexity index is 320. The Balaban J connectivity index is 2.85. The van der Waals surface area contributed by atoms with Gasteiger partial charge < -0.3 is 5.11 Å². The van der Waals surface area contributed by atoms with E-state index in [-0.39, 0.29) is 0 Å². The van der Waals surface area contributed by atoms with Crippen molar-refractivity contribution in [1.82, 2.24) is 0 Å².